The van der Waals surface area contributed by atoms with E-state index in [0.29, 0.717) is 6.17 Å². The van der Waals surface area contributed by atoms with E-state index in [1.54, 1.807) is 0 Å². The summed E-state index contributed by atoms with van der Waals surface area (Å²) in [4.78, 5) is 3.99. The van der Waals surface area contributed by atoms with E-state index in [1.165, 1.54) is 12.8 Å². The highest BCUT2D eigenvalue weighted by atomic mass is 35.5. The Morgan fingerprint density at radius 2 is 2.25 bits per heavy atom. The zero-order valence-corrected chi connectivity index (χ0v) is 8.27. The molecule has 5 heteroatoms. The Balaban J connectivity index is 0.000000605. The fraction of sp³-hybridized carbons (Fsp3) is 0.571. The predicted octanol–water partition coefficient (Wildman–Crippen LogP) is 1.61. The van der Waals surface area contributed by atoms with Gasteiger partial charge in [0.2, 0.25) is 0 Å². The van der Waals surface area contributed by atoms with Gasteiger partial charge < -0.3 is 4.57 Å². The monoisotopic (exact) mass is 209 g/mol. The summed E-state index contributed by atoms with van der Waals surface area (Å²) in [5.41, 5.74) is 0. The lowest BCUT2D eigenvalue weighted by Gasteiger charge is -2.09. The number of nitrogens with zero attached hydrogens (tertiary/aromatic N) is 2. The molecule has 0 aromatic carbocycles. The smallest absolute Gasteiger partial charge is 0.0959 e. The Labute approximate surface area is 84.4 Å². The second-order valence-corrected chi connectivity index (χ2v) is 2.62. The van der Waals surface area contributed by atoms with Crippen molar-refractivity contribution < 1.29 is 0 Å². The molecule has 1 fully saturated rings. The number of hydrogen-bond donors (Lipinski definition) is 1. The van der Waals surface area contributed by atoms with Gasteiger partial charge in [-0.2, -0.15) is 0 Å². The second-order valence-electron chi connectivity index (χ2n) is 2.62. The van der Waals surface area contributed by atoms with Crippen LogP contribution in [0.2, 0.25) is 0 Å². The number of halogens is 2. The van der Waals surface area contributed by atoms with Crippen molar-refractivity contribution in [2.75, 3.05) is 6.54 Å². The molecule has 3 nitrogen and oxygen atoms in total. The van der Waals surface area contributed by atoms with E-state index in [1.807, 2.05) is 18.7 Å². The van der Waals surface area contributed by atoms with Crippen LogP contribution < -0.4 is 5.32 Å². The number of nitrogens with one attached hydrogen (secondary N) is 1. The maximum atomic E-state index is 3.99. The van der Waals surface area contributed by atoms with Gasteiger partial charge in [0.05, 0.1) is 12.5 Å². The van der Waals surface area contributed by atoms with Crippen molar-refractivity contribution in [2.24, 2.45) is 0 Å². The van der Waals surface area contributed by atoms with Gasteiger partial charge in [0.15, 0.2) is 0 Å². The summed E-state index contributed by atoms with van der Waals surface area (Å²) >= 11 is 0. The van der Waals surface area contributed by atoms with Crippen LogP contribution in [-0.2, 0) is 0 Å². The molecule has 2 heterocycles. The first kappa shape index (κ1) is 11.8. The summed E-state index contributed by atoms with van der Waals surface area (Å²) in [6, 6.07) is 0. The van der Waals surface area contributed by atoms with Gasteiger partial charge in [0.25, 0.3) is 0 Å². The Hall–Kier alpha value is -0.250. The van der Waals surface area contributed by atoms with Gasteiger partial charge in [-0.3, -0.25) is 5.32 Å². The number of imidazole rings is 1. The average Bonchev–Trinajstić information content (AvgIpc) is 2.59. The molecule has 70 valence electrons. The second kappa shape index (κ2) is 5.41. The Morgan fingerprint density at radius 1 is 1.42 bits per heavy atom. The van der Waals surface area contributed by atoms with Crippen molar-refractivity contribution in [3.63, 3.8) is 0 Å². The Morgan fingerprint density at radius 3 is 2.75 bits per heavy atom. The molecule has 1 saturated heterocycles. The highest BCUT2D eigenvalue weighted by Crippen LogP contribution is 2.14. The van der Waals surface area contributed by atoms with E-state index in [-0.39, 0.29) is 24.8 Å². The molecule has 12 heavy (non-hydrogen) atoms. The quantitative estimate of drug-likeness (QED) is 0.763. The minimum absolute atomic E-state index is 0. The summed E-state index contributed by atoms with van der Waals surface area (Å²) < 4.78 is 2.12. The van der Waals surface area contributed by atoms with Crippen molar-refractivity contribution in [1.82, 2.24) is 14.9 Å². The van der Waals surface area contributed by atoms with Crippen LogP contribution in [-0.4, -0.2) is 16.1 Å². The third kappa shape index (κ3) is 2.37. The highest BCUT2D eigenvalue weighted by Gasteiger charge is 2.13. The SMILES string of the molecule is Cl.Cl.c1cn(C2CCCN2)cn1. The van der Waals surface area contributed by atoms with E-state index in [2.05, 4.69) is 14.9 Å². The maximum absolute atomic E-state index is 3.99. The molecule has 1 N–H and O–H groups in total. The van der Waals surface area contributed by atoms with Crippen LogP contribution in [0.25, 0.3) is 0 Å². The number of hydrogen-bond acceptors (Lipinski definition) is 2. The first-order chi connectivity index (χ1) is 4.97. The van der Waals surface area contributed by atoms with Gasteiger partial charge in [-0.15, -0.1) is 24.8 Å². The molecule has 1 aliphatic heterocycles. The van der Waals surface area contributed by atoms with Crippen LogP contribution in [0, 0.1) is 0 Å². The van der Waals surface area contributed by atoms with Crippen molar-refractivity contribution >= 4 is 24.8 Å². The summed E-state index contributed by atoms with van der Waals surface area (Å²) in [6.45, 7) is 1.14. The van der Waals surface area contributed by atoms with E-state index >= 15 is 0 Å². The molecular formula is C7H13Cl2N3. The Bertz CT molecular complexity index is 194. The van der Waals surface area contributed by atoms with Crippen LogP contribution in [0.15, 0.2) is 18.7 Å². The predicted molar refractivity (Wildman–Crippen MR) is 53.0 cm³/mol. The minimum Gasteiger partial charge on any atom is -0.321 e. The topological polar surface area (TPSA) is 29.9 Å². The standard InChI is InChI=1S/C7H11N3.2ClH/c1-2-7(9-3-1)10-5-4-8-6-10;;/h4-7,9H,1-3H2;2*1H. The molecular weight excluding hydrogens is 197 g/mol. The first-order valence-electron chi connectivity index (χ1n) is 3.67. The average molecular weight is 210 g/mol. The summed E-state index contributed by atoms with van der Waals surface area (Å²) in [5.74, 6) is 0. The fourth-order valence-electron chi connectivity index (χ4n) is 1.37. The molecule has 1 aromatic heterocycles. The van der Waals surface area contributed by atoms with Gasteiger partial charge in [0, 0.05) is 12.4 Å². The van der Waals surface area contributed by atoms with E-state index < -0.39 is 0 Å². The van der Waals surface area contributed by atoms with Crippen molar-refractivity contribution in [3.05, 3.63) is 18.7 Å². The summed E-state index contributed by atoms with van der Waals surface area (Å²) in [7, 11) is 0. The molecule has 1 aromatic rings. The molecule has 0 spiro atoms. The van der Waals surface area contributed by atoms with Gasteiger partial charge in [-0.25, -0.2) is 4.98 Å². The van der Waals surface area contributed by atoms with Crippen LogP contribution in [0.3, 0.4) is 0 Å². The Kier molecular flexibility index (Phi) is 5.29. The molecule has 0 saturated carbocycles. The largest absolute Gasteiger partial charge is 0.321 e. The fourth-order valence-corrected chi connectivity index (χ4v) is 1.37. The minimum atomic E-state index is 0. The molecule has 0 amide bonds. The molecule has 1 aliphatic rings. The molecule has 0 bridgehead atoms. The third-order valence-electron chi connectivity index (χ3n) is 1.92. The maximum Gasteiger partial charge on any atom is 0.0959 e. The lowest BCUT2D eigenvalue weighted by Crippen LogP contribution is -2.18. The zero-order chi connectivity index (χ0) is 6.81. The van der Waals surface area contributed by atoms with Gasteiger partial charge in [0.1, 0.15) is 0 Å². The lowest BCUT2D eigenvalue weighted by molar-refractivity contribution is 0.469. The molecule has 1 atom stereocenters. The van der Waals surface area contributed by atoms with Crippen LogP contribution in [0.4, 0.5) is 0 Å². The molecule has 1 unspecified atom stereocenters. The van der Waals surface area contributed by atoms with Gasteiger partial charge in [-0.1, -0.05) is 0 Å². The van der Waals surface area contributed by atoms with E-state index in [0.717, 1.165) is 6.54 Å². The van der Waals surface area contributed by atoms with Crippen LogP contribution in [0.1, 0.15) is 19.0 Å². The number of rotatable bonds is 1. The van der Waals surface area contributed by atoms with Gasteiger partial charge >= 0.3 is 0 Å². The van der Waals surface area contributed by atoms with Gasteiger partial charge in [-0.05, 0) is 19.4 Å². The normalized spacial score (nSPS) is 21.2. The third-order valence-corrected chi connectivity index (χ3v) is 1.92. The summed E-state index contributed by atoms with van der Waals surface area (Å²) in [6.07, 6.45) is 8.70. The van der Waals surface area contributed by atoms with Crippen molar-refractivity contribution in [1.29, 1.82) is 0 Å². The van der Waals surface area contributed by atoms with E-state index in [4.69, 9.17) is 0 Å². The molecule has 0 radical (unpaired) electrons. The van der Waals surface area contributed by atoms with Crippen LogP contribution >= 0.6 is 24.8 Å². The highest BCUT2D eigenvalue weighted by molar-refractivity contribution is 5.85. The zero-order valence-electron chi connectivity index (χ0n) is 6.64. The molecule has 2 rings (SSSR count). The summed E-state index contributed by atoms with van der Waals surface area (Å²) in [5, 5.41) is 3.38. The first-order valence-corrected chi connectivity index (χ1v) is 3.67. The molecule has 0 aliphatic carbocycles. The number of aromatic nitrogens is 2. The van der Waals surface area contributed by atoms with Crippen molar-refractivity contribution in [3.8, 4) is 0 Å². The van der Waals surface area contributed by atoms with E-state index in [9.17, 15) is 0 Å². The lowest BCUT2D eigenvalue weighted by atomic mass is 10.3. The van der Waals surface area contributed by atoms with Crippen LogP contribution in [0.5, 0.6) is 0 Å². The van der Waals surface area contributed by atoms with Crippen molar-refractivity contribution in [2.45, 2.75) is 19.0 Å².